The number of benzene rings is 1. The molecule has 1 aromatic rings. The van der Waals surface area contributed by atoms with Gasteiger partial charge in [0.15, 0.2) is 0 Å². The first-order valence-electron chi connectivity index (χ1n) is 9.71. The highest BCUT2D eigenvalue weighted by Gasteiger charge is 2.64. The third-order valence-electron chi connectivity index (χ3n) is 6.67. The second kappa shape index (κ2) is 7.72. The lowest BCUT2D eigenvalue weighted by Gasteiger charge is -2.59. The lowest BCUT2D eigenvalue weighted by Crippen LogP contribution is -2.63. The second-order valence-corrected chi connectivity index (χ2v) is 9.53. The summed E-state index contributed by atoms with van der Waals surface area (Å²) in [6, 6.07) is 4.45. The smallest absolute Gasteiger partial charge is 0.310 e. The SMILES string of the molecule is COC(=O)[C@@H]1[C@H]2C=C[C@@H]([C@@H]1C(=O)OC)[C@H]1[C@@H]2C[C@@H]1OS(=O)(=O)c1ccc([N+](=O)[O-])cc1. The predicted octanol–water partition coefficient (Wildman–Crippen LogP) is 1.70. The molecule has 1 aromatic carbocycles. The van der Waals surface area contributed by atoms with E-state index >= 15 is 0 Å². The number of carbonyl (C=O) groups is 2. The fourth-order valence-electron chi connectivity index (χ4n) is 5.30. The Hall–Kier alpha value is -2.79. The molecule has 0 amide bonds. The number of nitrogens with zero attached hydrogens (tertiary/aromatic N) is 1. The second-order valence-electron chi connectivity index (χ2n) is 7.95. The van der Waals surface area contributed by atoms with Gasteiger partial charge in [-0.05, 0) is 42.2 Å². The zero-order valence-electron chi connectivity index (χ0n) is 16.7. The molecular weight excluding hydrogens is 430 g/mol. The van der Waals surface area contributed by atoms with Crippen LogP contribution in [0.2, 0.25) is 0 Å². The molecule has 0 heterocycles. The molecule has 0 radical (unpaired) electrons. The fraction of sp³-hybridized carbons (Fsp3) is 0.500. The van der Waals surface area contributed by atoms with Gasteiger partial charge in [0.2, 0.25) is 0 Å². The maximum absolute atomic E-state index is 12.7. The Kier molecular flexibility index (Phi) is 5.34. The first kappa shape index (κ1) is 21.4. The van der Waals surface area contributed by atoms with Crippen LogP contribution in [0.15, 0.2) is 41.3 Å². The number of fused-ring (bicyclic) bond motifs is 1. The van der Waals surface area contributed by atoms with Gasteiger partial charge in [0.05, 0.1) is 42.0 Å². The Balaban J connectivity index is 1.57. The van der Waals surface area contributed by atoms with Crippen molar-refractivity contribution < 1.29 is 36.6 Å². The largest absolute Gasteiger partial charge is 0.469 e. The van der Waals surface area contributed by atoms with Crippen LogP contribution in [0.3, 0.4) is 0 Å². The molecule has 2 saturated carbocycles. The molecule has 7 atom stereocenters. The summed E-state index contributed by atoms with van der Waals surface area (Å²) >= 11 is 0. The molecule has 2 bridgehead atoms. The Bertz CT molecular complexity index is 1050. The molecule has 0 saturated heterocycles. The van der Waals surface area contributed by atoms with Crippen LogP contribution in [0.1, 0.15) is 6.42 Å². The van der Waals surface area contributed by atoms with Gasteiger partial charge in [0.1, 0.15) is 0 Å². The predicted molar refractivity (Wildman–Crippen MR) is 104 cm³/mol. The van der Waals surface area contributed by atoms with Crippen molar-refractivity contribution in [2.24, 2.45) is 35.5 Å². The van der Waals surface area contributed by atoms with Gasteiger partial charge in [-0.1, -0.05) is 12.2 Å². The van der Waals surface area contributed by atoms with E-state index in [4.69, 9.17) is 13.7 Å². The molecule has 31 heavy (non-hydrogen) atoms. The van der Waals surface area contributed by atoms with E-state index in [-0.39, 0.29) is 28.3 Å². The van der Waals surface area contributed by atoms with Crippen LogP contribution in [0, 0.1) is 45.6 Å². The molecule has 0 aliphatic heterocycles. The normalized spacial score (nSPS) is 33.2. The number of hydrogen-bond acceptors (Lipinski definition) is 9. The lowest BCUT2D eigenvalue weighted by atomic mass is 9.45. The van der Waals surface area contributed by atoms with E-state index in [1.54, 1.807) is 0 Å². The van der Waals surface area contributed by atoms with Crippen molar-refractivity contribution in [3.8, 4) is 0 Å². The number of rotatable bonds is 6. The number of hydrogen-bond donors (Lipinski definition) is 0. The highest BCUT2D eigenvalue weighted by atomic mass is 32.2. The monoisotopic (exact) mass is 451 g/mol. The third-order valence-corrected chi connectivity index (χ3v) is 8.02. The minimum atomic E-state index is -4.16. The maximum atomic E-state index is 12.7. The van der Waals surface area contributed by atoms with Crippen molar-refractivity contribution in [3.05, 3.63) is 46.5 Å². The van der Waals surface area contributed by atoms with Crippen molar-refractivity contribution in [1.29, 1.82) is 0 Å². The lowest BCUT2D eigenvalue weighted by molar-refractivity contribution is -0.384. The van der Waals surface area contributed by atoms with Crippen LogP contribution in [0.25, 0.3) is 0 Å². The number of allylic oxidation sites excluding steroid dienone is 2. The van der Waals surface area contributed by atoms with E-state index < -0.39 is 50.8 Å². The summed E-state index contributed by atoms with van der Waals surface area (Å²) in [5.74, 6) is -3.47. The minimum absolute atomic E-state index is 0.0166. The van der Waals surface area contributed by atoms with Crippen molar-refractivity contribution in [1.82, 2.24) is 0 Å². The zero-order chi connectivity index (χ0) is 22.5. The molecular formula is C20H21NO9S. The number of nitro benzene ring substituents is 1. The average Bonchev–Trinajstić information content (AvgIpc) is 2.75. The number of ether oxygens (including phenoxy) is 2. The van der Waals surface area contributed by atoms with Crippen LogP contribution in [-0.4, -0.2) is 45.6 Å². The van der Waals surface area contributed by atoms with E-state index in [9.17, 15) is 28.1 Å². The van der Waals surface area contributed by atoms with Crippen molar-refractivity contribution in [2.45, 2.75) is 17.4 Å². The molecule has 0 unspecified atom stereocenters. The average molecular weight is 451 g/mol. The van der Waals surface area contributed by atoms with E-state index in [0.29, 0.717) is 6.42 Å². The number of non-ortho nitro benzene ring substituents is 1. The molecule has 4 aliphatic rings. The van der Waals surface area contributed by atoms with Crippen LogP contribution in [-0.2, 0) is 33.4 Å². The number of carbonyl (C=O) groups excluding carboxylic acids is 2. The van der Waals surface area contributed by atoms with Crippen molar-refractivity contribution >= 4 is 27.7 Å². The zero-order valence-corrected chi connectivity index (χ0v) is 17.6. The fourth-order valence-corrected chi connectivity index (χ4v) is 6.41. The summed E-state index contributed by atoms with van der Waals surface area (Å²) in [6.45, 7) is 0. The summed E-state index contributed by atoms with van der Waals surface area (Å²) in [5, 5.41) is 10.8. The van der Waals surface area contributed by atoms with Gasteiger partial charge in [-0.2, -0.15) is 8.42 Å². The Morgan fingerprint density at radius 1 is 1.00 bits per heavy atom. The Morgan fingerprint density at radius 3 is 2.10 bits per heavy atom. The van der Waals surface area contributed by atoms with Gasteiger partial charge in [0.25, 0.3) is 15.8 Å². The number of esters is 2. The number of nitro groups is 1. The van der Waals surface area contributed by atoms with E-state index in [0.717, 1.165) is 24.3 Å². The van der Waals surface area contributed by atoms with Crippen LogP contribution in [0.5, 0.6) is 0 Å². The van der Waals surface area contributed by atoms with Crippen molar-refractivity contribution in [3.63, 3.8) is 0 Å². The topological polar surface area (TPSA) is 139 Å². The summed E-state index contributed by atoms with van der Waals surface area (Å²) in [6.07, 6.45) is 3.46. The van der Waals surface area contributed by atoms with Gasteiger partial charge in [-0.3, -0.25) is 23.9 Å². The third kappa shape index (κ3) is 3.41. The van der Waals surface area contributed by atoms with E-state index in [1.807, 2.05) is 12.2 Å². The van der Waals surface area contributed by atoms with Gasteiger partial charge >= 0.3 is 11.9 Å². The Morgan fingerprint density at radius 2 is 1.55 bits per heavy atom. The Labute approximate surface area is 178 Å². The summed E-state index contributed by atoms with van der Waals surface area (Å²) in [5.41, 5.74) is -0.229. The minimum Gasteiger partial charge on any atom is -0.469 e. The molecule has 10 nitrogen and oxygen atoms in total. The summed E-state index contributed by atoms with van der Waals surface area (Å²) < 4.78 is 40.7. The highest BCUT2D eigenvalue weighted by Crippen LogP contribution is 2.61. The first-order chi connectivity index (χ1) is 14.7. The summed E-state index contributed by atoms with van der Waals surface area (Å²) in [7, 11) is -1.65. The van der Waals surface area contributed by atoms with Gasteiger partial charge in [0, 0.05) is 12.1 Å². The molecule has 2 fully saturated rings. The number of methoxy groups -OCH3 is 2. The maximum Gasteiger partial charge on any atom is 0.310 e. The molecule has 0 aromatic heterocycles. The van der Waals surface area contributed by atoms with Gasteiger partial charge < -0.3 is 9.47 Å². The van der Waals surface area contributed by atoms with E-state index in [2.05, 4.69) is 0 Å². The first-order valence-corrected chi connectivity index (χ1v) is 11.1. The van der Waals surface area contributed by atoms with Crippen LogP contribution in [0.4, 0.5) is 5.69 Å². The van der Waals surface area contributed by atoms with Gasteiger partial charge in [-0.25, -0.2) is 0 Å². The van der Waals surface area contributed by atoms with Gasteiger partial charge in [-0.15, -0.1) is 0 Å². The molecule has 4 aliphatic carbocycles. The quantitative estimate of drug-likeness (QED) is 0.208. The van der Waals surface area contributed by atoms with Crippen LogP contribution >= 0.6 is 0 Å². The molecule has 5 rings (SSSR count). The van der Waals surface area contributed by atoms with E-state index in [1.165, 1.54) is 14.2 Å². The standard InChI is InChI=1S/C20H21NO9S/c1-28-19(22)17-12-7-8-13(18(17)20(23)29-2)16-14(12)9-15(16)30-31(26,27)11-5-3-10(4-6-11)21(24)25/h3-8,12-18H,9H2,1-2H3/t12-,13+,14+,15-,16-,17+,18-/m0/s1. The molecule has 0 N–H and O–H groups in total. The molecule has 0 spiro atoms. The van der Waals surface area contributed by atoms with Crippen molar-refractivity contribution in [2.75, 3.05) is 14.2 Å². The molecule has 11 heteroatoms. The molecule has 166 valence electrons. The summed E-state index contributed by atoms with van der Waals surface area (Å²) in [4.78, 5) is 34.9. The van der Waals surface area contributed by atoms with Crippen LogP contribution < -0.4 is 0 Å². The highest BCUT2D eigenvalue weighted by molar-refractivity contribution is 7.86.